The van der Waals surface area contributed by atoms with Crippen LogP contribution in [0.25, 0.3) is 0 Å². The van der Waals surface area contributed by atoms with Gasteiger partial charge in [-0.1, -0.05) is 30.7 Å². The fourth-order valence-corrected chi connectivity index (χ4v) is 1.74. The van der Waals surface area contributed by atoms with E-state index < -0.39 is 0 Å². The lowest BCUT2D eigenvalue weighted by molar-refractivity contribution is 0.464. The second kappa shape index (κ2) is 3.79. The van der Waals surface area contributed by atoms with Gasteiger partial charge in [0.15, 0.2) is 0 Å². The van der Waals surface area contributed by atoms with Crippen LogP contribution in [0.15, 0.2) is 18.2 Å². The molecular weight excluding hydrogens is 198 g/mol. The first-order valence-corrected chi connectivity index (χ1v) is 5.26. The lowest BCUT2D eigenvalue weighted by Crippen LogP contribution is -2.17. The van der Waals surface area contributed by atoms with Crippen LogP contribution < -0.4 is 5.32 Å². The summed E-state index contributed by atoms with van der Waals surface area (Å²) in [5, 5.41) is 13.4. The Morgan fingerprint density at radius 3 is 2.93 bits per heavy atom. The van der Waals surface area contributed by atoms with Crippen molar-refractivity contribution in [2.45, 2.75) is 25.9 Å². The van der Waals surface area contributed by atoms with Crippen LogP contribution in [-0.2, 0) is 6.54 Å². The second-order valence-corrected chi connectivity index (χ2v) is 4.36. The molecule has 0 radical (unpaired) electrons. The highest BCUT2D eigenvalue weighted by Gasteiger charge is 2.31. The summed E-state index contributed by atoms with van der Waals surface area (Å²) in [6, 6.07) is 6.06. The lowest BCUT2D eigenvalue weighted by atomic mass is 10.2. The van der Waals surface area contributed by atoms with Crippen LogP contribution in [0.2, 0.25) is 5.02 Å². The van der Waals surface area contributed by atoms with Gasteiger partial charge in [-0.25, -0.2) is 0 Å². The molecule has 2 N–H and O–H groups in total. The van der Waals surface area contributed by atoms with E-state index in [9.17, 15) is 5.11 Å². The second-order valence-electron chi connectivity index (χ2n) is 3.95. The summed E-state index contributed by atoms with van der Waals surface area (Å²) in [5.74, 6) is 0.978. The number of hydrogen-bond acceptors (Lipinski definition) is 2. The predicted molar refractivity (Wildman–Crippen MR) is 57.5 cm³/mol. The van der Waals surface area contributed by atoms with Gasteiger partial charge in [-0.2, -0.15) is 0 Å². The first kappa shape index (κ1) is 9.81. The summed E-state index contributed by atoms with van der Waals surface area (Å²) >= 11 is 5.80. The lowest BCUT2D eigenvalue weighted by Gasteiger charge is -2.06. The maximum absolute atomic E-state index is 9.62. The van der Waals surface area contributed by atoms with Gasteiger partial charge in [-0.15, -0.1) is 0 Å². The van der Waals surface area contributed by atoms with E-state index in [-0.39, 0.29) is 5.75 Å². The molecule has 1 aliphatic rings. The SMILES string of the molecule is CC1CC1NCc1cccc(Cl)c1O. The summed E-state index contributed by atoms with van der Waals surface area (Å²) in [7, 11) is 0. The highest BCUT2D eigenvalue weighted by atomic mass is 35.5. The number of para-hydroxylation sites is 1. The van der Waals surface area contributed by atoms with E-state index in [4.69, 9.17) is 11.6 Å². The molecule has 2 rings (SSSR count). The zero-order chi connectivity index (χ0) is 10.1. The number of benzene rings is 1. The van der Waals surface area contributed by atoms with Gasteiger partial charge in [0.1, 0.15) is 5.75 Å². The molecule has 76 valence electrons. The molecule has 0 amide bonds. The van der Waals surface area contributed by atoms with Gasteiger partial charge >= 0.3 is 0 Å². The number of phenols is 1. The van der Waals surface area contributed by atoms with Crippen molar-refractivity contribution >= 4 is 11.6 Å². The van der Waals surface area contributed by atoms with E-state index in [1.54, 1.807) is 6.07 Å². The molecular formula is C11H14ClNO. The van der Waals surface area contributed by atoms with Crippen LogP contribution in [-0.4, -0.2) is 11.1 Å². The van der Waals surface area contributed by atoms with Crippen molar-refractivity contribution in [3.05, 3.63) is 28.8 Å². The Bertz CT molecular complexity index is 340. The van der Waals surface area contributed by atoms with Crippen molar-refractivity contribution < 1.29 is 5.11 Å². The Morgan fingerprint density at radius 1 is 1.57 bits per heavy atom. The maximum atomic E-state index is 9.62. The Balaban J connectivity index is 1.98. The molecule has 1 saturated carbocycles. The third kappa shape index (κ3) is 2.02. The monoisotopic (exact) mass is 211 g/mol. The van der Waals surface area contributed by atoms with Crippen molar-refractivity contribution in [2.24, 2.45) is 5.92 Å². The van der Waals surface area contributed by atoms with Crippen molar-refractivity contribution in [1.82, 2.24) is 5.32 Å². The number of aromatic hydroxyl groups is 1. The van der Waals surface area contributed by atoms with Crippen molar-refractivity contribution in [3.8, 4) is 5.75 Å². The molecule has 0 spiro atoms. The predicted octanol–water partition coefficient (Wildman–Crippen LogP) is 2.54. The molecule has 0 aliphatic heterocycles. The van der Waals surface area contributed by atoms with Crippen molar-refractivity contribution in [2.75, 3.05) is 0 Å². The standard InChI is InChI=1S/C11H14ClNO/c1-7-5-10(7)13-6-8-3-2-4-9(12)11(8)14/h2-4,7,10,13-14H,5-6H2,1H3. The molecule has 0 heterocycles. The molecule has 2 atom stereocenters. The van der Waals surface area contributed by atoms with Crippen LogP contribution in [0, 0.1) is 5.92 Å². The van der Waals surface area contributed by atoms with Crippen LogP contribution in [0.4, 0.5) is 0 Å². The molecule has 14 heavy (non-hydrogen) atoms. The van der Waals surface area contributed by atoms with E-state index in [0.717, 1.165) is 11.5 Å². The minimum atomic E-state index is 0.204. The summed E-state index contributed by atoms with van der Waals surface area (Å²) in [6.07, 6.45) is 1.24. The van der Waals surface area contributed by atoms with Gasteiger partial charge in [0.2, 0.25) is 0 Å². The summed E-state index contributed by atoms with van der Waals surface area (Å²) in [6.45, 7) is 2.91. The zero-order valence-electron chi connectivity index (χ0n) is 8.13. The molecule has 3 heteroatoms. The summed E-state index contributed by atoms with van der Waals surface area (Å²) in [5.41, 5.74) is 0.872. The fourth-order valence-electron chi connectivity index (χ4n) is 1.55. The van der Waals surface area contributed by atoms with Gasteiger partial charge in [0, 0.05) is 18.2 Å². The number of nitrogens with one attached hydrogen (secondary N) is 1. The van der Waals surface area contributed by atoms with Crippen LogP contribution in [0.1, 0.15) is 18.9 Å². The molecule has 2 nitrogen and oxygen atoms in total. The zero-order valence-corrected chi connectivity index (χ0v) is 8.88. The third-order valence-corrected chi connectivity index (χ3v) is 3.04. The topological polar surface area (TPSA) is 32.3 Å². The molecule has 1 aromatic carbocycles. The van der Waals surface area contributed by atoms with Gasteiger partial charge in [0.05, 0.1) is 5.02 Å². The van der Waals surface area contributed by atoms with E-state index in [2.05, 4.69) is 12.2 Å². The molecule has 0 bridgehead atoms. The molecule has 0 saturated heterocycles. The Hall–Kier alpha value is -0.730. The Morgan fingerprint density at radius 2 is 2.29 bits per heavy atom. The minimum Gasteiger partial charge on any atom is -0.506 e. The third-order valence-electron chi connectivity index (χ3n) is 2.73. The molecule has 1 aliphatic carbocycles. The molecule has 1 fully saturated rings. The number of rotatable bonds is 3. The minimum absolute atomic E-state index is 0.204. The molecule has 0 aromatic heterocycles. The van der Waals surface area contributed by atoms with E-state index in [1.165, 1.54) is 6.42 Å². The fraction of sp³-hybridized carbons (Fsp3) is 0.455. The smallest absolute Gasteiger partial charge is 0.138 e. The number of halogens is 1. The summed E-state index contributed by atoms with van der Waals surface area (Å²) < 4.78 is 0. The quantitative estimate of drug-likeness (QED) is 0.806. The van der Waals surface area contributed by atoms with Crippen LogP contribution in [0.3, 0.4) is 0 Å². The van der Waals surface area contributed by atoms with E-state index >= 15 is 0 Å². The Labute approximate surface area is 88.9 Å². The first-order valence-electron chi connectivity index (χ1n) is 4.88. The first-order chi connectivity index (χ1) is 6.68. The van der Waals surface area contributed by atoms with Gasteiger partial charge in [-0.3, -0.25) is 0 Å². The van der Waals surface area contributed by atoms with Gasteiger partial charge in [0.25, 0.3) is 0 Å². The number of phenolic OH excluding ortho intramolecular Hbond substituents is 1. The largest absolute Gasteiger partial charge is 0.506 e. The van der Waals surface area contributed by atoms with Crippen LogP contribution in [0.5, 0.6) is 5.75 Å². The molecule has 2 unspecified atom stereocenters. The average molecular weight is 212 g/mol. The molecule has 1 aromatic rings. The highest BCUT2D eigenvalue weighted by molar-refractivity contribution is 6.32. The van der Waals surface area contributed by atoms with Crippen LogP contribution >= 0.6 is 11.6 Å². The summed E-state index contributed by atoms with van der Waals surface area (Å²) in [4.78, 5) is 0. The van der Waals surface area contributed by atoms with E-state index in [0.29, 0.717) is 17.6 Å². The van der Waals surface area contributed by atoms with Crippen molar-refractivity contribution in [3.63, 3.8) is 0 Å². The highest BCUT2D eigenvalue weighted by Crippen LogP contribution is 2.31. The van der Waals surface area contributed by atoms with Crippen molar-refractivity contribution in [1.29, 1.82) is 0 Å². The van der Waals surface area contributed by atoms with Gasteiger partial charge in [-0.05, 0) is 18.4 Å². The average Bonchev–Trinajstić information content (AvgIpc) is 2.85. The maximum Gasteiger partial charge on any atom is 0.138 e. The van der Waals surface area contributed by atoms with Gasteiger partial charge < -0.3 is 10.4 Å². The number of hydrogen-bond donors (Lipinski definition) is 2. The Kier molecular flexibility index (Phi) is 2.66. The van der Waals surface area contributed by atoms with E-state index in [1.807, 2.05) is 12.1 Å². The normalized spacial score (nSPS) is 25.0.